The topological polar surface area (TPSA) is 130 Å². The van der Waals surface area contributed by atoms with E-state index < -0.39 is 47.8 Å². The van der Waals surface area contributed by atoms with Gasteiger partial charge in [0.2, 0.25) is 17.7 Å². The lowest BCUT2D eigenvalue weighted by Crippen LogP contribution is -2.59. The van der Waals surface area contributed by atoms with E-state index in [1.807, 2.05) is 13.8 Å². The number of carbonyl (C=O) groups excluding carboxylic acids is 4. The molecule has 1 aromatic rings. The molecule has 0 radical (unpaired) electrons. The first kappa shape index (κ1) is 28.3. The highest BCUT2D eigenvalue weighted by atomic mass is 19.4. The smallest absolute Gasteiger partial charge is 0.356 e. The summed E-state index contributed by atoms with van der Waals surface area (Å²) in [5.41, 5.74) is 6.39. The summed E-state index contributed by atoms with van der Waals surface area (Å²) in [6, 6.07) is 4.12. The Morgan fingerprint density at radius 3 is 2.37 bits per heavy atom. The summed E-state index contributed by atoms with van der Waals surface area (Å²) in [6.07, 6.45) is -4.21. The van der Waals surface area contributed by atoms with Gasteiger partial charge in [-0.05, 0) is 30.7 Å². The molecule has 0 aliphatic carbocycles. The Balaban J connectivity index is 2.26. The van der Waals surface area contributed by atoms with Crippen LogP contribution in [0.5, 0.6) is 0 Å². The lowest BCUT2D eigenvalue weighted by molar-refractivity contribution is -0.173. The quantitative estimate of drug-likeness (QED) is 0.368. The maximum absolute atomic E-state index is 13.2. The van der Waals surface area contributed by atoms with Gasteiger partial charge in [0.1, 0.15) is 6.04 Å². The molecule has 1 heterocycles. The number of carbonyl (C=O) groups is 4. The highest BCUT2D eigenvalue weighted by Crippen LogP contribution is 2.23. The van der Waals surface area contributed by atoms with Crippen LogP contribution in [0.15, 0.2) is 30.3 Å². The highest BCUT2D eigenvalue weighted by Gasteiger charge is 2.46. The fourth-order valence-electron chi connectivity index (χ4n) is 4.00. The third kappa shape index (κ3) is 8.97. The molecule has 1 unspecified atom stereocenters. The van der Waals surface area contributed by atoms with Crippen molar-refractivity contribution in [2.75, 3.05) is 6.54 Å². The van der Waals surface area contributed by atoms with Gasteiger partial charge >= 0.3 is 6.18 Å². The lowest BCUT2D eigenvalue weighted by Gasteiger charge is -2.31. The summed E-state index contributed by atoms with van der Waals surface area (Å²) in [7, 11) is 0. The van der Waals surface area contributed by atoms with Crippen LogP contribution in [0.4, 0.5) is 13.2 Å². The van der Waals surface area contributed by atoms with E-state index in [0.717, 1.165) is 5.56 Å². The fourth-order valence-corrected chi connectivity index (χ4v) is 4.00. The number of alkyl halides is 3. The third-order valence-corrected chi connectivity index (χ3v) is 5.81. The van der Waals surface area contributed by atoms with E-state index in [9.17, 15) is 32.3 Å². The van der Waals surface area contributed by atoms with Crippen LogP contribution >= 0.6 is 0 Å². The van der Waals surface area contributed by atoms with Crippen molar-refractivity contribution < 1.29 is 32.3 Å². The van der Waals surface area contributed by atoms with Crippen molar-refractivity contribution in [1.29, 1.82) is 0 Å². The van der Waals surface area contributed by atoms with E-state index in [1.54, 1.807) is 30.3 Å². The summed E-state index contributed by atoms with van der Waals surface area (Å²) < 4.78 is 39.3. The van der Waals surface area contributed by atoms with E-state index in [1.165, 1.54) is 0 Å². The highest BCUT2D eigenvalue weighted by molar-refractivity contribution is 5.92. The molecule has 2 rings (SSSR count). The zero-order valence-corrected chi connectivity index (χ0v) is 19.9. The molecule has 1 fully saturated rings. The molecule has 1 aromatic carbocycles. The number of Topliss-reactive ketones (excluding diaryl/α,β-unsaturated/α-hetero) is 1. The number of hydrogen-bond acceptors (Lipinski definition) is 5. The van der Waals surface area contributed by atoms with E-state index >= 15 is 0 Å². The molecule has 1 aliphatic heterocycles. The number of ketones is 1. The standard InChI is InChI=1S/C24H33F3N4O4/c1-14(2)11-19(32)30-18(12-15-7-4-3-5-8-15)23(35)31-17(20(28)21(33)24(25,26)27)13-16-9-6-10-29-22(16)34/h3-5,7-8,14,16-18,20H,6,9-13,28H2,1-2H3,(H,29,34)(H,30,32)(H,31,35)/t16-,17-,18-,20?/m0/s1. The Morgan fingerprint density at radius 1 is 1.14 bits per heavy atom. The zero-order chi connectivity index (χ0) is 26.2. The van der Waals surface area contributed by atoms with Gasteiger partial charge < -0.3 is 21.7 Å². The lowest BCUT2D eigenvalue weighted by atomic mass is 9.87. The minimum Gasteiger partial charge on any atom is -0.356 e. The normalized spacial score (nSPS) is 18.8. The van der Waals surface area contributed by atoms with Crippen molar-refractivity contribution in [3.05, 3.63) is 35.9 Å². The number of amides is 3. The van der Waals surface area contributed by atoms with Crippen LogP contribution in [0.3, 0.4) is 0 Å². The van der Waals surface area contributed by atoms with Crippen molar-refractivity contribution >= 4 is 23.5 Å². The number of benzene rings is 1. The minimum atomic E-state index is -5.20. The molecule has 3 amide bonds. The van der Waals surface area contributed by atoms with Crippen LogP contribution in [0.2, 0.25) is 0 Å². The average Bonchev–Trinajstić information content (AvgIpc) is 2.78. The second kappa shape index (κ2) is 12.7. The van der Waals surface area contributed by atoms with Gasteiger partial charge in [-0.1, -0.05) is 44.2 Å². The largest absolute Gasteiger partial charge is 0.451 e. The van der Waals surface area contributed by atoms with Crippen LogP contribution in [0.1, 0.15) is 45.1 Å². The van der Waals surface area contributed by atoms with E-state index in [-0.39, 0.29) is 31.1 Å². The van der Waals surface area contributed by atoms with Crippen LogP contribution in [0, 0.1) is 11.8 Å². The van der Waals surface area contributed by atoms with Crippen molar-refractivity contribution in [3.63, 3.8) is 0 Å². The summed E-state index contributed by atoms with van der Waals surface area (Å²) >= 11 is 0. The van der Waals surface area contributed by atoms with Crippen molar-refractivity contribution in [2.24, 2.45) is 17.6 Å². The Hall–Kier alpha value is -2.95. The SMILES string of the molecule is CC(C)CC(=O)N[C@@H](Cc1ccccc1)C(=O)N[C@@H](C[C@@H]1CCCNC1=O)C(N)C(=O)C(F)(F)F. The number of rotatable bonds is 11. The molecule has 35 heavy (non-hydrogen) atoms. The summed E-state index contributed by atoms with van der Waals surface area (Å²) in [4.78, 5) is 49.7. The molecule has 1 aliphatic rings. The predicted molar refractivity (Wildman–Crippen MR) is 123 cm³/mol. The molecule has 8 nitrogen and oxygen atoms in total. The molecule has 0 aromatic heterocycles. The maximum atomic E-state index is 13.2. The molecular formula is C24H33F3N4O4. The first-order chi connectivity index (χ1) is 16.4. The third-order valence-electron chi connectivity index (χ3n) is 5.81. The van der Waals surface area contributed by atoms with E-state index in [4.69, 9.17) is 5.73 Å². The van der Waals surface area contributed by atoms with Crippen molar-refractivity contribution in [3.8, 4) is 0 Å². The summed E-state index contributed by atoms with van der Waals surface area (Å²) in [5.74, 6) is -4.42. The second-order valence-electron chi connectivity index (χ2n) is 9.28. The molecule has 0 spiro atoms. The molecule has 4 atom stereocenters. The number of nitrogens with one attached hydrogen (secondary N) is 3. The number of piperidine rings is 1. The van der Waals surface area contributed by atoms with Gasteiger partial charge in [-0.3, -0.25) is 19.2 Å². The Morgan fingerprint density at radius 2 is 1.80 bits per heavy atom. The molecule has 0 bridgehead atoms. The van der Waals surface area contributed by atoms with E-state index in [2.05, 4.69) is 16.0 Å². The molecule has 5 N–H and O–H groups in total. The summed E-state index contributed by atoms with van der Waals surface area (Å²) in [6.45, 7) is 4.11. The first-order valence-electron chi connectivity index (χ1n) is 11.7. The van der Waals surface area contributed by atoms with Crippen molar-refractivity contribution in [2.45, 2.75) is 70.3 Å². The van der Waals surface area contributed by atoms with Gasteiger partial charge in [0, 0.05) is 25.3 Å². The van der Waals surface area contributed by atoms with Gasteiger partial charge in [-0.25, -0.2) is 0 Å². The predicted octanol–water partition coefficient (Wildman–Crippen LogP) is 1.62. The fraction of sp³-hybridized carbons (Fsp3) is 0.583. The monoisotopic (exact) mass is 498 g/mol. The van der Waals surface area contributed by atoms with Crippen LogP contribution in [0.25, 0.3) is 0 Å². The molecule has 1 saturated heterocycles. The maximum Gasteiger partial charge on any atom is 0.451 e. The molecular weight excluding hydrogens is 465 g/mol. The van der Waals surface area contributed by atoms with Gasteiger partial charge in [-0.15, -0.1) is 0 Å². The second-order valence-corrected chi connectivity index (χ2v) is 9.28. The van der Waals surface area contributed by atoms with Gasteiger partial charge in [0.25, 0.3) is 5.78 Å². The van der Waals surface area contributed by atoms with Crippen LogP contribution in [-0.4, -0.2) is 54.4 Å². The molecule has 11 heteroatoms. The Labute approximate surface area is 202 Å². The first-order valence-corrected chi connectivity index (χ1v) is 11.7. The Bertz CT molecular complexity index is 893. The van der Waals surface area contributed by atoms with Crippen molar-refractivity contribution in [1.82, 2.24) is 16.0 Å². The Kier molecular flexibility index (Phi) is 10.2. The van der Waals surface area contributed by atoms with E-state index in [0.29, 0.717) is 19.4 Å². The average molecular weight is 499 g/mol. The van der Waals surface area contributed by atoms with Crippen LogP contribution in [-0.2, 0) is 25.6 Å². The number of halogens is 3. The van der Waals surface area contributed by atoms with Gasteiger partial charge in [0.15, 0.2) is 0 Å². The zero-order valence-electron chi connectivity index (χ0n) is 19.9. The van der Waals surface area contributed by atoms with Crippen LogP contribution < -0.4 is 21.7 Å². The number of hydrogen-bond donors (Lipinski definition) is 4. The van der Waals surface area contributed by atoms with Gasteiger partial charge in [0.05, 0.1) is 12.1 Å². The summed E-state index contributed by atoms with van der Waals surface area (Å²) in [5, 5.41) is 7.70. The molecule has 0 saturated carbocycles. The molecule has 194 valence electrons. The minimum absolute atomic E-state index is 0.0193. The van der Waals surface area contributed by atoms with Gasteiger partial charge in [-0.2, -0.15) is 13.2 Å². The number of nitrogens with two attached hydrogens (primary N) is 1.